The van der Waals surface area contributed by atoms with Crippen LogP contribution in [0.15, 0.2) is 33.8 Å². The van der Waals surface area contributed by atoms with Crippen molar-refractivity contribution in [2.45, 2.75) is 0 Å². The maximum absolute atomic E-state index is 5.32. The van der Waals surface area contributed by atoms with Gasteiger partial charge < -0.3 is 10.3 Å². The molecule has 0 aliphatic rings. The molecule has 0 amide bonds. The number of para-hydroxylation sites is 2. The van der Waals surface area contributed by atoms with Crippen LogP contribution in [0.3, 0.4) is 0 Å². The van der Waals surface area contributed by atoms with Gasteiger partial charge in [0.1, 0.15) is 0 Å². The Morgan fingerprint density at radius 3 is 2.83 bits per heavy atom. The van der Waals surface area contributed by atoms with E-state index < -0.39 is 0 Å². The summed E-state index contributed by atoms with van der Waals surface area (Å²) in [6.45, 7) is 0. The molecule has 0 atom stereocenters. The van der Waals surface area contributed by atoms with E-state index in [0.717, 1.165) is 11.1 Å². The van der Waals surface area contributed by atoms with E-state index in [0.29, 0.717) is 5.68 Å². The van der Waals surface area contributed by atoms with Crippen LogP contribution in [0.2, 0.25) is 0 Å². The minimum atomic E-state index is 0.427. The molecule has 0 radical (unpaired) electrons. The summed E-state index contributed by atoms with van der Waals surface area (Å²) < 4.78 is 7.12. The van der Waals surface area contributed by atoms with E-state index in [1.54, 1.807) is 4.57 Å². The van der Waals surface area contributed by atoms with E-state index in [1.807, 2.05) is 31.3 Å². The highest BCUT2D eigenvalue weighted by Gasteiger charge is 2.00. The first kappa shape index (κ1) is 6.97. The van der Waals surface area contributed by atoms with Crippen LogP contribution in [0, 0.1) is 0 Å². The Morgan fingerprint density at radius 1 is 1.42 bits per heavy atom. The van der Waals surface area contributed by atoms with Crippen LogP contribution in [-0.4, -0.2) is 4.57 Å². The normalized spacial score (nSPS) is 12.6. The molecule has 1 aromatic carbocycles. The number of nitrogens with two attached hydrogens (primary N) is 1. The minimum Gasteiger partial charge on any atom is -0.422 e. The van der Waals surface area contributed by atoms with Crippen LogP contribution in [0.1, 0.15) is 0 Å². The summed E-state index contributed by atoms with van der Waals surface area (Å²) in [6, 6.07) is 7.68. The van der Waals surface area contributed by atoms with Crippen molar-refractivity contribution in [1.82, 2.24) is 4.57 Å². The molecule has 0 aliphatic heterocycles. The second-order valence-corrected chi connectivity index (χ2v) is 2.54. The van der Waals surface area contributed by atoms with Crippen LogP contribution >= 0.6 is 0 Å². The summed E-state index contributed by atoms with van der Waals surface area (Å²) >= 11 is 0. The van der Waals surface area contributed by atoms with Crippen molar-refractivity contribution in [3.8, 4) is 0 Å². The topological polar surface area (TPSA) is 56.5 Å². The molecular weight excluding hydrogens is 154 g/mol. The lowest BCUT2D eigenvalue weighted by molar-refractivity contribution is 0.501. The molecule has 0 aliphatic carbocycles. The average molecular weight is 163 g/mol. The molecule has 0 spiro atoms. The lowest BCUT2D eigenvalue weighted by Gasteiger charge is -1.88. The number of oxazole rings is 1. The molecule has 4 heteroatoms. The molecule has 2 N–H and O–H groups in total. The van der Waals surface area contributed by atoms with E-state index in [2.05, 4.69) is 5.10 Å². The predicted molar refractivity (Wildman–Crippen MR) is 44.9 cm³/mol. The van der Waals surface area contributed by atoms with Crippen LogP contribution in [0.4, 0.5) is 0 Å². The standard InChI is InChI=1S/C8H9N3O/c1-11-6-4-2-3-5-7(6)12-8(11)10-9/h2-5H,9H2,1H3/b10-8-. The van der Waals surface area contributed by atoms with E-state index in [9.17, 15) is 0 Å². The molecule has 0 bridgehead atoms. The molecule has 1 heterocycles. The first-order chi connectivity index (χ1) is 5.83. The molecule has 12 heavy (non-hydrogen) atoms. The second-order valence-electron chi connectivity index (χ2n) is 2.54. The average Bonchev–Trinajstić information content (AvgIpc) is 2.44. The van der Waals surface area contributed by atoms with Gasteiger partial charge in [0, 0.05) is 7.05 Å². The largest absolute Gasteiger partial charge is 0.422 e. The molecule has 2 aromatic rings. The molecule has 0 fully saturated rings. The Kier molecular flexibility index (Phi) is 1.40. The molecule has 4 nitrogen and oxygen atoms in total. The lowest BCUT2D eigenvalue weighted by Crippen LogP contribution is -2.13. The zero-order chi connectivity index (χ0) is 8.55. The Bertz CT molecular complexity index is 466. The number of aromatic nitrogens is 1. The van der Waals surface area contributed by atoms with Gasteiger partial charge >= 0.3 is 5.68 Å². The van der Waals surface area contributed by atoms with Crippen LogP contribution < -0.4 is 11.5 Å². The van der Waals surface area contributed by atoms with Crippen molar-refractivity contribution in [2.24, 2.45) is 18.0 Å². The molecule has 0 unspecified atom stereocenters. The molecule has 0 saturated heterocycles. The van der Waals surface area contributed by atoms with Crippen LogP contribution in [0.25, 0.3) is 11.1 Å². The maximum atomic E-state index is 5.32. The van der Waals surface area contributed by atoms with Crippen molar-refractivity contribution in [1.29, 1.82) is 0 Å². The molecule has 62 valence electrons. The number of aryl methyl sites for hydroxylation is 1. The van der Waals surface area contributed by atoms with Crippen molar-refractivity contribution in [3.05, 3.63) is 29.9 Å². The monoisotopic (exact) mass is 163 g/mol. The second kappa shape index (κ2) is 2.41. The van der Waals surface area contributed by atoms with Crippen molar-refractivity contribution in [2.75, 3.05) is 0 Å². The highest BCUT2D eigenvalue weighted by molar-refractivity contribution is 5.72. The Morgan fingerprint density at radius 2 is 2.17 bits per heavy atom. The number of rotatable bonds is 0. The SMILES string of the molecule is Cn1/c(=N/N)oc2ccccc21. The van der Waals surface area contributed by atoms with Crippen LogP contribution in [0.5, 0.6) is 0 Å². The quantitative estimate of drug-likeness (QED) is 0.455. The summed E-state index contributed by atoms with van der Waals surface area (Å²) in [7, 11) is 1.86. The van der Waals surface area contributed by atoms with Gasteiger partial charge in [0.05, 0.1) is 5.52 Å². The van der Waals surface area contributed by atoms with Crippen molar-refractivity contribution in [3.63, 3.8) is 0 Å². The Hall–Kier alpha value is -1.71. The number of hydrogen-bond donors (Lipinski definition) is 1. The first-order valence-electron chi connectivity index (χ1n) is 3.61. The van der Waals surface area contributed by atoms with Crippen molar-refractivity contribution < 1.29 is 4.42 Å². The van der Waals surface area contributed by atoms with Crippen molar-refractivity contribution >= 4 is 11.1 Å². The van der Waals surface area contributed by atoms with Gasteiger partial charge in [0.2, 0.25) is 0 Å². The highest BCUT2D eigenvalue weighted by Crippen LogP contribution is 2.09. The van der Waals surface area contributed by atoms with E-state index in [-0.39, 0.29) is 0 Å². The smallest absolute Gasteiger partial charge is 0.318 e. The fraction of sp³-hybridized carbons (Fsp3) is 0.125. The predicted octanol–water partition coefficient (Wildman–Crippen LogP) is 0.546. The zero-order valence-electron chi connectivity index (χ0n) is 6.69. The zero-order valence-corrected chi connectivity index (χ0v) is 6.69. The molecule has 2 rings (SSSR count). The molecular formula is C8H9N3O. The highest BCUT2D eigenvalue weighted by atomic mass is 16.4. The fourth-order valence-electron chi connectivity index (χ4n) is 1.20. The Balaban J connectivity index is 2.98. The number of nitrogens with zero attached hydrogens (tertiary/aromatic N) is 2. The van der Waals surface area contributed by atoms with Gasteiger partial charge in [0.15, 0.2) is 5.58 Å². The van der Waals surface area contributed by atoms with E-state index in [4.69, 9.17) is 10.3 Å². The summed E-state index contributed by atoms with van der Waals surface area (Å²) in [6.07, 6.45) is 0. The molecule has 1 aromatic heterocycles. The van der Waals surface area contributed by atoms with Gasteiger partial charge in [-0.15, -0.1) is 5.10 Å². The number of hydrogen-bond acceptors (Lipinski definition) is 3. The summed E-state index contributed by atoms with van der Waals surface area (Å²) in [5.41, 5.74) is 2.21. The van der Waals surface area contributed by atoms with E-state index in [1.165, 1.54) is 0 Å². The van der Waals surface area contributed by atoms with Gasteiger partial charge in [0.25, 0.3) is 0 Å². The Labute approximate surface area is 68.9 Å². The summed E-state index contributed by atoms with van der Waals surface area (Å²) in [4.78, 5) is 0. The summed E-state index contributed by atoms with van der Waals surface area (Å²) in [5.74, 6) is 5.12. The van der Waals surface area contributed by atoms with Crippen LogP contribution in [-0.2, 0) is 7.05 Å². The van der Waals surface area contributed by atoms with Gasteiger partial charge in [-0.2, -0.15) is 0 Å². The van der Waals surface area contributed by atoms with Gasteiger partial charge in [-0.3, -0.25) is 4.57 Å². The van der Waals surface area contributed by atoms with Gasteiger partial charge in [-0.1, -0.05) is 12.1 Å². The number of fused-ring (bicyclic) bond motifs is 1. The molecule has 0 saturated carbocycles. The third kappa shape index (κ3) is 0.812. The number of benzene rings is 1. The van der Waals surface area contributed by atoms with E-state index >= 15 is 0 Å². The fourth-order valence-corrected chi connectivity index (χ4v) is 1.20. The lowest BCUT2D eigenvalue weighted by atomic mass is 10.3. The first-order valence-corrected chi connectivity index (χ1v) is 3.61. The third-order valence-corrected chi connectivity index (χ3v) is 1.83. The minimum absolute atomic E-state index is 0.427. The third-order valence-electron chi connectivity index (χ3n) is 1.83. The van der Waals surface area contributed by atoms with Gasteiger partial charge in [-0.25, -0.2) is 0 Å². The van der Waals surface area contributed by atoms with Gasteiger partial charge in [-0.05, 0) is 12.1 Å². The maximum Gasteiger partial charge on any atom is 0.318 e. The summed E-state index contributed by atoms with van der Waals surface area (Å²) in [5, 5.41) is 3.50.